The Morgan fingerprint density at radius 2 is 1.68 bits per heavy atom. The van der Waals surface area contributed by atoms with E-state index in [0.29, 0.717) is 0 Å². The molecule has 0 aliphatic rings. The van der Waals surface area contributed by atoms with Gasteiger partial charge in [0.15, 0.2) is 0 Å². The summed E-state index contributed by atoms with van der Waals surface area (Å²) in [5.41, 5.74) is 5.57. The molecule has 0 aliphatic heterocycles. The molecule has 0 radical (unpaired) electrons. The molecule has 1 aromatic carbocycles. The quantitative estimate of drug-likeness (QED) is 0.723. The molecule has 3 nitrogen and oxygen atoms in total. The van der Waals surface area contributed by atoms with Crippen molar-refractivity contribution >= 4 is 5.82 Å². The Kier molecular flexibility index (Phi) is 6.41. The largest absolute Gasteiger partial charge is 0.370 e. The first-order valence-corrected chi connectivity index (χ1v) is 8.09. The third-order valence-electron chi connectivity index (χ3n) is 3.89. The highest BCUT2D eigenvalue weighted by molar-refractivity contribution is 5.37. The molecule has 2 rings (SSSR count). The van der Waals surface area contributed by atoms with Gasteiger partial charge in [0, 0.05) is 19.3 Å². The fourth-order valence-corrected chi connectivity index (χ4v) is 2.76. The predicted molar refractivity (Wildman–Crippen MR) is 94.3 cm³/mol. The van der Waals surface area contributed by atoms with Gasteiger partial charge in [0.1, 0.15) is 5.82 Å². The van der Waals surface area contributed by atoms with Crippen LogP contribution in [0.5, 0.6) is 0 Å². The molecule has 0 bridgehead atoms. The number of aromatic nitrogens is 1. The van der Waals surface area contributed by atoms with Crippen LogP contribution >= 0.6 is 0 Å². The highest BCUT2D eigenvalue weighted by Crippen LogP contribution is 2.15. The summed E-state index contributed by atoms with van der Waals surface area (Å²) in [4.78, 5) is 4.25. The lowest BCUT2D eigenvalue weighted by atomic mass is 10.00. The minimum absolute atomic E-state index is 0.960. The standard InChI is InChI=1S/C19H27N3/c1-15-12-16(2)18(17(3)13-15)14-20-9-6-7-11-22-19-8-4-5-10-21-19/h4-5,8,10,12-13,20H,6-7,9,11,14H2,1-3H3,(H,21,22). The van der Waals surface area contributed by atoms with Gasteiger partial charge in [-0.2, -0.15) is 0 Å². The molecule has 1 heterocycles. The van der Waals surface area contributed by atoms with E-state index < -0.39 is 0 Å². The van der Waals surface area contributed by atoms with Gasteiger partial charge in [0.05, 0.1) is 0 Å². The van der Waals surface area contributed by atoms with E-state index >= 15 is 0 Å². The molecule has 118 valence electrons. The Balaban J connectivity index is 1.62. The third kappa shape index (κ3) is 5.15. The molecule has 1 aromatic heterocycles. The number of aryl methyl sites for hydroxylation is 3. The third-order valence-corrected chi connectivity index (χ3v) is 3.89. The SMILES string of the molecule is Cc1cc(C)c(CNCCCCNc2ccccn2)c(C)c1. The first-order valence-electron chi connectivity index (χ1n) is 8.09. The van der Waals surface area contributed by atoms with Crippen LogP contribution in [0.15, 0.2) is 36.5 Å². The molecular weight excluding hydrogens is 270 g/mol. The minimum Gasteiger partial charge on any atom is -0.370 e. The minimum atomic E-state index is 0.960. The number of nitrogens with one attached hydrogen (secondary N) is 2. The zero-order chi connectivity index (χ0) is 15.8. The van der Waals surface area contributed by atoms with Gasteiger partial charge in [-0.05, 0) is 69.0 Å². The van der Waals surface area contributed by atoms with Gasteiger partial charge >= 0.3 is 0 Å². The highest BCUT2D eigenvalue weighted by atomic mass is 15.0. The molecule has 0 saturated carbocycles. The fraction of sp³-hybridized carbons (Fsp3) is 0.421. The lowest BCUT2D eigenvalue weighted by Gasteiger charge is -2.12. The number of rotatable bonds is 8. The lowest BCUT2D eigenvalue weighted by Crippen LogP contribution is -2.17. The van der Waals surface area contributed by atoms with E-state index in [1.807, 2.05) is 24.4 Å². The van der Waals surface area contributed by atoms with Crippen LogP contribution in [-0.4, -0.2) is 18.1 Å². The fourth-order valence-electron chi connectivity index (χ4n) is 2.76. The summed E-state index contributed by atoms with van der Waals surface area (Å²) in [5.74, 6) is 0.960. The Labute approximate surface area is 134 Å². The zero-order valence-electron chi connectivity index (χ0n) is 13.9. The van der Waals surface area contributed by atoms with Crippen LogP contribution in [0.1, 0.15) is 35.1 Å². The highest BCUT2D eigenvalue weighted by Gasteiger charge is 2.03. The second-order valence-electron chi connectivity index (χ2n) is 5.90. The van der Waals surface area contributed by atoms with Gasteiger partial charge in [-0.15, -0.1) is 0 Å². The van der Waals surface area contributed by atoms with E-state index in [9.17, 15) is 0 Å². The van der Waals surface area contributed by atoms with Gasteiger partial charge in [0.25, 0.3) is 0 Å². The topological polar surface area (TPSA) is 37.0 Å². The van der Waals surface area contributed by atoms with Crippen molar-refractivity contribution in [1.82, 2.24) is 10.3 Å². The maximum absolute atomic E-state index is 4.25. The molecule has 0 fully saturated rings. The summed E-state index contributed by atoms with van der Waals surface area (Å²) in [6.45, 7) is 9.55. The molecule has 22 heavy (non-hydrogen) atoms. The summed E-state index contributed by atoms with van der Waals surface area (Å²) in [7, 11) is 0. The lowest BCUT2D eigenvalue weighted by molar-refractivity contribution is 0.630. The van der Waals surface area contributed by atoms with Gasteiger partial charge < -0.3 is 10.6 Å². The average Bonchev–Trinajstić information content (AvgIpc) is 2.49. The molecule has 3 heteroatoms. The molecule has 0 saturated heterocycles. The van der Waals surface area contributed by atoms with Crippen molar-refractivity contribution in [2.75, 3.05) is 18.4 Å². The van der Waals surface area contributed by atoms with Gasteiger partial charge in [-0.25, -0.2) is 4.98 Å². The van der Waals surface area contributed by atoms with Crippen LogP contribution in [0, 0.1) is 20.8 Å². The first kappa shape index (κ1) is 16.5. The van der Waals surface area contributed by atoms with Crippen LogP contribution in [0.25, 0.3) is 0 Å². The zero-order valence-corrected chi connectivity index (χ0v) is 13.9. The van der Waals surface area contributed by atoms with Gasteiger partial charge in [-0.1, -0.05) is 23.8 Å². The number of hydrogen-bond donors (Lipinski definition) is 2. The molecule has 0 spiro atoms. The first-order chi connectivity index (χ1) is 10.7. The van der Waals surface area contributed by atoms with Crippen molar-refractivity contribution in [2.24, 2.45) is 0 Å². The number of anilines is 1. The van der Waals surface area contributed by atoms with Crippen molar-refractivity contribution < 1.29 is 0 Å². The number of unbranched alkanes of at least 4 members (excludes halogenated alkanes) is 1. The van der Waals surface area contributed by atoms with Crippen LogP contribution < -0.4 is 10.6 Å². The molecule has 0 atom stereocenters. The van der Waals surface area contributed by atoms with Gasteiger partial charge in [0.2, 0.25) is 0 Å². The summed E-state index contributed by atoms with van der Waals surface area (Å²) in [6, 6.07) is 10.5. The molecule has 2 aromatic rings. The Morgan fingerprint density at radius 1 is 0.955 bits per heavy atom. The predicted octanol–water partition coefficient (Wildman–Crippen LogP) is 3.99. The summed E-state index contributed by atoms with van der Waals surface area (Å²) >= 11 is 0. The maximum atomic E-state index is 4.25. The van der Waals surface area contributed by atoms with Crippen LogP contribution in [-0.2, 0) is 6.54 Å². The number of hydrogen-bond acceptors (Lipinski definition) is 3. The summed E-state index contributed by atoms with van der Waals surface area (Å²) in [5, 5.41) is 6.90. The van der Waals surface area contributed by atoms with Crippen molar-refractivity contribution in [1.29, 1.82) is 0 Å². The van der Waals surface area contributed by atoms with E-state index in [1.54, 1.807) is 0 Å². The normalized spacial score (nSPS) is 10.7. The van der Waals surface area contributed by atoms with E-state index in [1.165, 1.54) is 28.7 Å². The van der Waals surface area contributed by atoms with E-state index in [4.69, 9.17) is 0 Å². The Bertz CT molecular complexity index is 555. The number of benzene rings is 1. The van der Waals surface area contributed by atoms with Gasteiger partial charge in [-0.3, -0.25) is 0 Å². The number of nitrogens with zero attached hydrogens (tertiary/aromatic N) is 1. The Morgan fingerprint density at radius 3 is 2.36 bits per heavy atom. The summed E-state index contributed by atoms with van der Waals surface area (Å²) in [6.07, 6.45) is 4.13. The second kappa shape index (κ2) is 8.54. The van der Waals surface area contributed by atoms with E-state index in [2.05, 4.69) is 48.5 Å². The average molecular weight is 297 g/mol. The van der Waals surface area contributed by atoms with E-state index in [0.717, 1.165) is 31.9 Å². The molecule has 0 aliphatic carbocycles. The molecule has 2 N–H and O–H groups in total. The van der Waals surface area contributed by atoms with Crippen molar-refractivity contribution in [3.05, 3.63) is 58.8 Å². The van der Waals surface area contributed by atoms with Crippen LogP contribution in [0.2, 0.25) is 0 Å². The smallest absolute Gasteiger partial charge is 0.125 e. The Hall–Kier alpha value is -1.87. The summed E-state index contributed by atoms with van der Waals surface area (Å²) < 4.78 is 0. The van der Waals surface area contributed by atoms with Crippen LogP contribution in [0.4, 0.5) is 5.82 Å². The monoisotopic (exact) mass is 297 g/mol. The van der Waals surface area contributed by atoms with Crippen molar-refractivity contribution in [2.45, 2.75) is 40.2 Å². The molecule has 0 unspecified atom stereocenters. The number of pyridine rings is 1. The molecular formula is C19H27N3. The van der Waals surface area contributed by atoms with Crippen molar-refractivity contribution in [3.8, 4) is 0 Å². The van der Waals surface area contributed by atoms with E-state index in [-0.39, 0.29) is 0 Å². The van der Waals surface area contributed by atoms with Crippen molar-refractivity contribution in [3.63, 3.8) is 0 Å². The van der Waals surface area contributed by atoms with Crippen LogP contribution in [0.3, 0.4) is 0 Å². The second-order valence-corrected chi connectivity index (χ2v) is 5.90. The maximum Gasteiger partial charge on any atom is 0.125 e. The molecule has 0 amide bonds.